The van der Waals surface area contributed by atoms with Gasteiger partial charge in [0.1, 0.15) is 0 Å². The Morgan fingerprint density at radius 3 is 2.12 bits per heavy atom. The van der Waals surface area contributed by atoms with Crippen molar-refractivity contribution in [1.29, 1.82) is 0 Å². The summed E-state index contributed by atoms with van der Waals surface area (Å²) >= 11 is 0. The largest absolute Gasteiger partial charge is 0.0737 e. The summed E-state index contributed by atoms with van der Waals surface area (Å²) in [5, 5.41) is 0. The Morgan fingerprint density at radius 2 is 1.59 bits per heavy atom. The van der Waals surface area contributed by atoms with Crippen LogP contribution in [0, 0.1) is 23.2 Å². The van der Waals surface area contributed by atoms with Gasteiger partial charge in [-0.3, -0.25) is 0 Å². The first-order valence-electron chi connectivity index (χ1n) is 7.49. The van der Waals surface area contributed by atoms with Gasteiger partial charge in [-0.1, -0.05) is 70.8 Å². The molecule has 0 N–H and O–H groups in total. The summed E-state index contributed by atoms with van der Waals surface area (Å²) < 4.78 is 0. The Hall–Kier alpha value is -0.520. The van der Waals surface area contributed by atoms with Crippen molar-refractivity contribution in [3.05, 3.63) is 23.8 Å². The van der Waals surface area contributed by atoms with Gasteiger partial charge in [-0.15, -0.1) is 0 Å². The van der Waals surface area contributed by atoms with Gasteiger partial charge < -0.3 is 0 Å². The minimum absolute atomic E-state index is 0.349. The van der Waals surface area contributed by atoms with Gasteiger partial charge in [-0.2, -0.15) is 0 Å². The molecule has 0 spiro atoms. The molecule has 0 saturated heterocycles. The van der Waals surface area contributed by atoms with Gasteiger partial charge in [0, 0.05) is 5.41 Å². The topological polar surface area (TPSA) is 0 Å². The van der Waals surface area contributed by atoms with E-state index in [2.05, 4.69) is 45.9 Å². The highest BCUT2D eigenvalue weighted by atomic mass is 14.5. The smallest absolute Gasteiger partial charge is 0.0146 e. The Balaban J connectivity index is 2.26. The molecule has 0 aliphatic heterocycles. The first kappa shape index (κ1) is 12.9. The molecule has 0 aromatic carbocycles. The first-order chi connectivity index (χ1) is 8.09. The molecule has 0 aromatic heterocycles. The molecule has 0 aromatic rings. The van der Waals surface area contributed by atoms with E-state index in [1.54, 1.807) is 5.57 Å². The Kier molecular flexibility index (Phi) is 3.80. The van der Waals surface area contributed by atoms with E-state index in [0.29, 0.717) is 5.41 Å². The van der Waals surface area contributed by atoms with E-state index in [1.165, 1.54) is 32.1 Å². The lowest BCUT2D eigenvalue weighted by Crippen LogP contribution is -2.35. The highest BCUT2D eigenvalue weighted by molar-refractivity contribution is 5.37. The second kappa shape index (κ2) is 5.00. The first-order valence-corrected chi connectivity index (χ1v) is 7.49. The molecule has 0 radical (unpaired) electrons. The predicted molar refractivity (Wildman–Crippen MR) is 75.9 cm³/mol. The molecule has 17 heavy (non-hydrogen) atoms. The quantitative estimate of drug-likeness (QED) is 0.614. The highest BCUT2D eigenvalue weighted by Crippen LogP contribution is 2.52. The zero-order valence-electron chi connectivity index (χ0n) is 12.0. The van der Waals surface area contributed by atoms with Crippen LogP contribution in [0.25, 0.3) is 0 Å². The summed E-state index contributed by atoms with van der Waals surface area (Å²) in [5.74, 6) is 2.30. The van der Waals surface area contributed by atoms with Crippen LogP contribution in [0.5, 0.6) is 0 Å². The zero-order chi connectivity index (χ0) is 12.5. The van der Waals surface area contributed by atoms with Crippen molar-refractivity contribution in [2.75, 3.05) is 0 Å². The van der Waals surface area contributed by atoms with Gasteiger partial charge in [-0.05, 0) is 30.6 Å². The van der Waals surface area contributed by atoms with Crippen LogP contribution in [0.1, 0.15) is 59.8 Å². The van der Waals surface area contributed by atoms with Crippen molar-refractivity contribution < 1.29 is 0 Å². The second-order valence-electron chi connectivity index (χ2n) is 6.56. The second-order valence-corrected chi connectivity index (χ2v) is 6.56. The van der Waals surface area contributed by atoms with E-state index < -0.39 is 0 Å². The van der Waals surface area contributed by atoms with Gasteiger partial charge in [0.15, 0.2) is 0 Å². The van der Waals surface area contributed by atoms with Crippen molar-refractivity contribution in [2.45, 2.75) is 59.8 Å². The molecule has 0 bridgehead atoms. The fourth-order valence-corrected chi connectivity index (χ4v) is 4.17. The minimum Gasteiger partial charge on any atom is -0.0737 e. The highest BCUT2D eigenvalue weighted by Gasteiger charge is 2.42. The maximum absolute atomic E-state index is 2.49. The monoisotopic (exact) mass is 232 g/mol. The van der Waals surface area contributed by atoms with Crippen LogP contribution in [0.3, 0.4) is 0 Å². The average molecular weight is 232 g/mol. The molecule has 0 nitrogen and oxygen atoms in total. The summed E-state index contributed by atoms with van der Waals surface area (Å²) in [6, 6.07) is 0. The molecule has 0 atom stereocenters. The Bertz CT molecular complexity index is 303. The molecule has 2 rings (SSSR count). The Labute approximate surface area is 107 Å². The summed E-state index contributed by atoms with van der Waals surface area (Å²) in [5.41, 5.74) is 2.10. The number of allylic oxidation sites excluding steroid dienone is 4. The van der Waals surface area contributed by atoms with Crippen molar-refractivity contribution in [3.63, 3.8) is 0 Å². The molecular weight excluding hydrogens is 204 g/mol. The summed E-state index contributed by atoms with van der Waals surface area (Å²) in [7, 11) is 0. The molecule has 1 fully saturated rings. The molecule has 0 unspecified atom stereocenters. The molecule has 0 heteroatoms. The van der Waals surface area contributed by atoms with Crippen LogP contribution < -0.4 is 0 Å². The lowest BCUT2D eigenvalue weighted by atomic mass is 9.61. The maximum Gasteiger partial charge on any atom is 0.0146 e. The van der Waals surface area contributed by atoms with Crippen LogP contribution in [0.4, 0.5) is 0 Å². The Morgan fingerprint density at radius 1 is 1.00 bits per heavy atom. The van der Waals surface area contributed by atoms with Crippen molar-refractivity contribution in [3.8, 4) is 0 Å². The summed E-state index contributed by atoms with van der Waals surface area (Å²) in [6.45, 7) is 9.58. The van der Waals surface area contributed by atoms with Crippen LogP contribution in [0.15, 0.2) is 23.8 Å². The third kappa shape index (κ3) is 2.11. The lowest BCUT2D eigenvalue weighted by molar-refractivity contribution is 0.200. The lowest BCUT2D eigenvalue weighted by Gasteiger charge is -2.43. The van der Waals surface area contributed by atoms with E-state index in [1.807, 2.05) is 0 Å². The molecule has 2 aliphatic carbocycles. The molecular formula is C17H28. The van der Waals surface area contributed by atoms with Crippen molar-refractivity contribution in [2.24, 2.45) is 23.2 Å². The van der Waals surface area contributed by atoms with Crippen molar-refractivity contribution in [1.82, 2.24) is 0 Å². The molecule has 2 aliphatic rings. The molecule has 96 valence electrons. The fraction of sp³-hybridized carbons (Fsp3) is 0.765. The van der Waals surface area contributed by atoms with E-state index in [-0.39, 0.29) is 0 Å². The van der Waals surface area contributed by atoms with Gasteiger partial charge in [-0.25, -0.2) is 0 Å². The predicted octanol–water partition coefficient (Wildman–Crippen LogP) is 5.36. The molecule has 0 amide bonds. The van der Waals surface area contributed by atoms with Crippen LogP contribution in [0.2, 0.25) is 0 Å². The normalized spacial score (nSPS) is 24.7. The zero-order valence-corrected chi connectivity index (χ0v) is 12.0. The standard InChI is InChI=1S/C17H28/c1-13(2)17(14(3)4)12-8-11-16(17)15-9-6-5-7-10-15/h8,11-15H,5-7,9-10H2,1-4H3. The van der Waals surface area contributed by atoms with E-state index in [9.17, 15) is 0 Å². The third-order valence-corrected chi connectivity index (χ3v) is 5.10. The van der Waals surface area contributed by atoms with E-state index in [4.69, 9.17) is 0 Å². The van der Waals surface area contributed by atoms with Crippen LogP contribution in [-0.2, 0) is 0 Å². The van der Waals surface area contributed by atoms with Gasteiger partial charge >= 0.3 is 0 Å². The number of rotatable bonds is 3. The third-order valence-electron chi connectivity index (χ3n) is 5.10. The average Bonchev–Trinajstić information content (AvgIpc) is 2.75. The number of hydrogen-bond donors (Lipinski definition) is 0. The summed E-state index contributed by atoms with van der Waals surface area (Å²) in [6.07, 6.45) is 14.4. The SMILES string of the molecule is CC(C)C1(C(C)C)C=CC=C1C1CCCCC1. The van der Waals surface area contributed by atoms with Gasteiger partial charge in [0.25, 0.3) is 0 Å². The molecule has 0 heterocycles. The maximum atomic E-state index is 2.49. The van der Waals surface area contributed by atoms with Gasteiger partial charge in [0.2, 0.25) is 0 Å². The molecule has 1 saturated carbocycles. The van der Waals surface area contributed by atoms with Crippen molar-refractivity contribution >= 4 is 0 Å². The minimum atomic E-state index is 0.349. The number of hydrogen-bond acceptors (Lipinski definition) is 0. The summed E-state index contributed by atoms with van der Waals surface area (Å²) in [4.78, 5) is 0. The van der Waals surface area contributed by atoms with Crippen LogP contribution >= 0.6 is 0 Å². The van der Waals surface area contributed by atoms with E-state index in [0.717, 1.165) is 17.8 Å². The van der Waals surface area contributed by atoms with E-state index >= 15 is 0 Å². The van der Waals surface area contributed by atoms with Crippen LogP contribution in [-0.4, -0.2) is 0 Å². The van der Waals surface area contributed by atoms with Gasteiger partial charge in [0.05, 0.1) is 0 Å². The fourth-order valence-electron chi connectivity index (χ4n) is 4.17.